The molecular weight excluding hydrogens is 252 g/mol. The van der Waals surface area contributed by atoms with Gasteiger partial charge in [0.1, 0.15) is 5.82 Å². The van der Waals surface area contributed by atoms with Crippen LogP contribution in [0.1, 0.15) is 31.1 Å². The molecule has 1 fully saturated rings. The maximum atomic E-state index is 12.4. The van der Waals surface area contributed by atoms with Crippen LogP contribution in [0, 0.1) is 5.92 Å². The quantitative estimate of drug-likeness (QED) is 0.851. The molecule has 1 aromatic heterocycles. The predicted molar refractivity (Wildman–Crippen MR) is 77.0 cm³/mol. The molecule has 0 aromatic carbocycles. The highest BCUT2D eigenvalue weighted by molar-refractivity contribution is 5.77. The molecular formula is C15H22N4O. The standard InChI is InChI=1S/C15H22N4O/c1-18-8-9-19(11-13(18)15-16-6-7-17-15)14(20)10-12-4-2-3-5-12/h2,4,6-7,12-13H,3,5,8-11H2,1H3,(H,16,17)/t12-,13+/m0/s1. The summed E-state index contributed by atoms with van der Waals surface area (Å²) in [6.45, 7) is 2.46. The maximum absolute atomic E-state index is 12.4. The van der Waals surface area contributed by atoms with E-state index in [4.69, 9.17) is 0 Å². The van der Waals surface area contributed by atoms with Crippen molar-refractivity contribution in [3.05, 3.63) is 30.4 Å². The minimum absolute atomic E-state index is 0.182. The number of piperazine rings is 1. The van der Waals surface area contributed by atoms with Crippen LogP contribution in [-0.2, 0) is 4.79 Å². The Balaban J connectivity index is 1.62. The fourth-order valence-electron chi connectivity index (χ4n) is 3.07. The van der Waals surface area contributed by atoms with Gasteiger partial charge in [-0.1, -0.05) is 12.2 Å². The first-order chi connectivity index (χ1) is 9.74. The first-order valence-corrected chi connectivity index (χ1v) is 7.38. The highest BCUT2D eigenvalue weighted by atomic mass is 16.2. The molecule has 0 saturated carbocycles. The Morgan fingerprint density at radius 3 is 3.10 bits per heavy atom. The topological polar surface area (TPSA) is 52.2 Å². The number of aromatic nitrogens is 2. The Morgan fingerprint density at radius 2 is 2.40 bits per heavy atom. The van der Waals surface area contributed by atoms with Crippen LogP contribution in [0.4, 0.5) is 0 Å². The average molecular weight is 274 g/mol. The molecule has 20 heavy (non-hydrogen) atoms. The van der Waals surface area contributed by atoms with E-state index in [0.717, 1.165) is 38.3 Å². The maximum Gasteiger partial charge on any atom is 0.223 e. The third-order valence-corrected chi connectivity index (χ3v) is 4.38. The summed E-state index contributed by atoms with van der Waals surface area (Å²) in [6.07, 6.45) is 10.9. The third-order valence-electron chi connectivity index (χ3n) is 4.38. The fourth-order valence-corrected chi connectivity index (χ4v) is 3.07. The third kappa shape index (κ3) is 2.77. The summed E-state index contributed by atoms with van der Waals surface area (Å²) in [5.74, 6) is 1.68. The van der Waals surface area contributed by atoms with Crippen molar-refractivity contribution < 1.29 is 4.79 Å². The monoisotopic (exact) mass is 274 g/mol. The SMILES string of the molecule is CN1CCN(C(=O)C[C@H]2C=CCC2)C[C@@H]1c1ncc[nH]1. The van der Waals surface area contributed by atoms with Crippen LogP contribution >= 0.6 is 0 Å². The van der Waals surface area contributed by atoms with Crippen LogP contribution in [0.15, 0.2) is 24.5 Å². The van der Waals surface area contributed by atoms with Crippen molar-refractivity contribution in [2.24, 2.45) is 5.92 Å². The number of H-pyrrole nitrogens is 1. The number of rotatable bonds is 3. The van der Waals surface area contributed by atoms with Crippen LogP contribution in [0.2, 0.25) is 0 Å². The van der Waals surface area contributed by atoms with Crippen molar-refractivity contribution in [1.29, 1.82) is 0 Å². The van der Waals surface area contributed by atoms with Gasteiger partial charge >= 0.3 is 0 Å². The van der Waals surface area contributed by atoms with Gasteiger partial charge < -0.3 is 9.88 Å². The molecule has 2 atom stereocenters. The van der Waals surface area contributed by atoms with E-state index in [-0.39, 0.29) is 11.9 Å². The molecule has 1 N–H and O–H groups in total. The minimum atomic E-state index is 0.182. The van der Waals surface area contributed by atoms with Crippen molar-refractivity contribution in [2.45, 2.75) is 25.3 Å². The van der Waals surface area contributed by atoms with Gasteiger partial charge in [-0.3, -0.25) is 9.69 Å². The van der Waals surface area contributed by atoms with Crippen molar-refractivity contribution in [2.75, 3.05) is 26.7 Å². The summed E-state index contributed by atoms with van der Waals surface area (Å²) in [4.78, 5) is 24.2. The zero-order valence-corrected chi connectivity index (χ0v) is 12.0. The second-order valence-corrected chi connectivity index (χ2v) is 5.78. The molecule has 3 rings (SSSR count). The Morgan fingerprint density at radius 1 is 1.50 bits per heavy atom. The molecule has 1 amide bonds. The number of allylic oxidation sites excluding steroid dienone is 2. The summed E-state index contributed by atoms with van der Waals surface area (Å²) in [6, 6.07) is 0.182. The Kier molecular flexibility index (Phi) is 3.87. The van der Waals surface area contributed by atoms with Gasteiger partial charge in [-0.25, -0.2) is 4.98 Å². The van der Waals surface area contributed by atoms with Gasteiger partial charge in [0.25, 0.3) is 0 Å². The summed E-state index contributed by atoms with van der Waals surface area (Å²) < 4.78 is 0. The number of hydrogen-bond acceptors (Lipinski definition) is 3. The molecule has 2 aliphatic rings. The summed E-state index contributed by atoms with van der Waals surface area (Å²) in [5.41, 5.74) is 0. The molecule has 108 valence electrons. The van der Waals surface area contributed by atoms with Gasteiger partial charge in [-0.05, 0) is 25.8 Å². The molecule has 1 aromatic rings. The fraction of sp³-hybridized carbons (Fsp3) is 0.600. The van der Waals surface area contributed by atoms with Gasteiger partial charge in [0.05, 0.1) is 6.04 Å². The van der Waals surface area contributed by atoms with Crippen LogP contribution in [0.3, 0.4) is 0 Å². The zero-order chi connectivity index (χ0) is 13.9. The van der Waals surface area contributed by atoms with E-state index >= 15 is 0 Å². The van der Waals surface area contributed by atoms with E-state index in [9.17, 15) is 4.79 Å². The Labute approximate surface area is 119 Å². The van der Waals surface area contributed by atoms with Crippen LogP contribution < -0.4 is 0 Å². The number of likely N-dealkylation sites (N-methyl/N-ethyl adjacent to an activating group) is 1. The van der Waals surface area contributed by atoms with E-state index in [1.165, 1.54) is 0 Å². The largest absolute Gasteiger partial charge is 0.347 e. The number of aromatic amines is 1. The van der Waals surface area contributed by atoms with Crippen molar-refractivity contribution in [3.8, 4) is 0 Å². The van der Waals surface area contributed by atoms with E-state index in [2.05, 4.69) is 34.1 Å². The normalized spacial score (nSPS) is 27.1. The number of carbonyl (C=O) groups is 1. The molecule has 0 bridgehead atoms. The molecule has 0 unspecified atom stereocenters. The molecule has 1 aliphatic carbocycles. The average Bonchev–Trinajstić information content (AvgIpc) is 3.11. The lowest BCUT2D eigenvalue weighted by Crippen LogP contribution is -2.49. The van der Waals surface area contributed by atoms with Gasteiger partial charge in [0, 0.05) is 38.4 Å². The highest BCUT2D eigenvalue weighted by Crippen LogP contribution is 2.25. The Hall–Kier alpha value is -1.62. The van der Waals surface area contributed by atoms with Gasteiger partial charge in [0.2, 0.25) is 5.91 Å². The molecule has 0 radical (unpaired) electrons. The molecule has 1 saturated heterocycles. The lowest BCUT2D eigenvalue weighted by molar-refractivity contribution is -0.134. The highest BCUT2D eigenvalue weighted by Gasteiger charge is 2.30. The summed E-state index contributed by atoms with van der Waals surface area (Å²) in [7, 11) is 2.09. The van der Waals surface area contributed by atoms with Crippen LogP contribution in [0.25, 0.3) is 0 Å². The number of carbonyl (C=O) groups excluding carboxylic acids is 1. The van der Waals surface area contributed by atoms with Crippen LogP contribution in [-0.4, -0.2) is 52.4 Å². The van der Waals surface area contributed by atoms with Gasteiger partial charge in [-0.2, -0.15) is 0 Å². The van der Waals surface area contributed by atoms with E-state index in [0.29, 0.717) is 12.3 Å². The van der Waals surface area contributed by atoms with Crippen molar-refractivity contribution >= 4 is 5.91 Å². The lowest BCUT2D eigenvalue weighted by atomic mass is 10.0. The van der Waals surface area contributed by atoms with E-state index in [1.807, 2.05) is 11.1 Å². The predicted octanol–water partition coefficient (Wildman–Crippen LogP) is 1.58. The van der Waals surface area contributed by atoms with E-state index < -0.39 is 0 Å². The molecule has 5 heteroatoms. The Bertz CT molecular complexity index is 482. The number of imidazole rings is 1. The lowest BCUT2D eigenvalue weighted by Gasteiger charge is -2.38. The van der Waals surface area contributed by atoms with Crippen LogP contribution in [0.5, 0.6) is 0 Å². The van der Waals surface area contributed by atoms with Crippen molar-refractivity contribution in [3.63, 3.8) is 0 Å². The van der Waals surface area contributed by atoms with E-state index in [1.54, 1.807) is 6.20 Å². The minimum Gasteiger partial charge on any atom is -0.347 e. The summed E-state index contributed by atoms with van der Waals surface area (Å²) in [5, 5.41) is 0. The smallest absolute Gasteiger partial charge is 0.223 e. The summed E-state index contributed by atoms with van der Waals surface area (Å²) >= 11 is 0. The second kappa shape index (κ2) is 5.79. The first-order valence-electron chi connectivity index (χ1n) is 7.38. The van der Waals surface area contributed by atoms with Gasteiger partial charge in [0.15, 0.2) is 0 Å². The zero-order valence-electron chi connectivity index (χ0n) is 12.0. The van der Waals surface area contributed by atoms with Crippen molar-refractivity contribution in [1.82, 2.24) is 19.8 Å². The molecule has 0 spiro atoms. The number of hydrogen-bond donors (Lipinski definition) is 1. The second-order valence-electron chi connectivity index (χ2n) is 5.78. The molecule has 5 nitrogen and oxygen atoms in total. The number of amides is 1. The first kappa shape index (κ1) is 13.4. The number of nitrogens with one attached hydrogen (secondary N) is 1. The number of nitrogens with zero attached hydrogens (tertiary/aromatic N) is 3. The van der Waals surface area contributed by atoms with Gasteiger partial charge in [-0.15, -0.1) is 0 Å². The molecule has 2 heterocycles. The molecule has 1 aliphatic heterocycles.